The van der Waals surface area contributed by atoms with Crippen molar-refractivity contribution in [2.24, 2.45) is 0 Å². The van der Waals surface area contributed by atoms with Gasteiger partial charge < -0.3 is 14.4 Å². The van der Waals surface area contributed by atoms with Gasteiger partial charge in [0.15, 0.2) is 17.3 Å². The molecule has 0 unspecified atom stereocenters. The SMILES string of the molecule is COc1c(OCCCC#N)cc(C(=O)CN2Cc3ccc(C4CC4)nc3C2=N)cc1C(C)(C)C. The lowest BCUT2D eigenvalue weighted by Gasteiger charge is -2.25. The van der Waals surface area contributed by atoms with Crippen LogP contribution in [0.5, 0.6) is 11.5 Å². The topological polar surface area (TPSA) is 99.3 Å². The van der Waals surface area contributed by atoms with Gasteiger partial charge in [0.2, 0.25) is 0 Å². The molecule has 7 nitrogen and oxygen atoms in total. The fourth-order valence-electron chi connectivity index (χ4n) is 4.25. The number of nitriles is 1. The Morgan fingerprint density at radius 2 is 2.06 bits per heavy atom. The van der Waals surface area contributed by atoms with Crippen molar-refractivity contribution in [1.82, 2.24) is 9.88 Å². The van der Waals surface area contributed by atoms with Crippen LogP contribution in [0.3, 0.4) is 0 Å². The summed E-state index contributed by atoms with van der Waals surface area (Å²) in [5, 5.41) is 17.4. The normalized spacial score (nSPS) is 15.1. The molecule has 1 N–H and O–H groups in total. The second-order valence-corrected chi connectivity index (χ2v) is 10.1. The second kappa shape index (κ2) is 9.46. The molecular weight excluding hydrogens is 428 g/mol. The quantitative estimate of drug-likeness (QED) is 0.419. The van der Waals surface area contributed by atoms with Crippen LogP contribution >= 0.6 is 0 Å². The molecule has 1 aliphatic heterocycles. The van der Waals surface area contributed by atoms with Gasteiger partial charge in [-0.25, -0.2) is 4.98 Å². The number of rotatable bonds is 9. The molecule has 1 saturated carbocycles. The number of pyridine rings is 1. The van der Waals surface area contributed by atoms with Crippen LogP contribution in [-0.4, -0.2) is 41.8 Å². The molecule has 0 saturated heterocycles. The number of amidine groups is 1. The van der Waals surface area contributed by atoms with Crippen LogP contribution in [0.2, 0.25) is 0 Å². The van der Waals surface area contributed by atoms with Crippen molar-refractivity contribution in [2.75, 3.05) is 20.3 Å². The third-order valence-electron chi connectivity index (χ3n) is 6.31. The largest absolute Gasteiger partial charge is 0.493 e. The van der Waals surface area contributed by atoms with Crippen LogP contribution < -0.4 is 9.47 Å². The van der Waals surface area contributed by atoms with E-state index in [4.69, 9.17) is 25.1 Å². The zero-order valence-electron chi connectivity index (χ0n) is 20.4. The molecular formula is C27H32N4O3. The Hall–Kier alpha value is -3.40. The zero-order valence-corrected chi connectivity index (χ0v) is 20.4. The maximum Gasteiger partial charge on any atom is 0.182 e. The summed E-state index contributed by atoms with van der Waals surface area (Å²) in [6, 6.07) is 9.82. The van der Waals surface area contributed by atoms with Crippen molar-refractivity contribution >= 4 is 11.6 Å². The Morgan fingerprint density at radius 3 is 2.71 bits per heavy atom. The van der Waals surface area contributed by atoms with Gasteiger partial charge in [0.25, 0.3) is 0 Å². The molecule has 1 aromatic heterocycles. The number of nitrogens with zero attached hydrogens (tertiary/aromatic N) is 3. The summed E-state index contributed by atoms with van der Waals surface area (Å²) < 4.78 is 11.6. The van der Waals surface area contributed by atoms with Gasteiger partial charge in [-0.3, -0.25) is 10.2 Å². The molecule has 2 aliphatic rings. The predicted molar refractivity (Wildman–Crippen MR) is 130 cm³/mol. The van der Waals surface area contributed by atoms with Gasteiger partial charge in [-0.1, -0.05) is 26.8 Å². The number of fused-ring (bicyclic) bond motifs is 1. The molecule has 34 heavy (non-hydrogen) atoms. The van der Waals surface area contributed by atoms with E-state index in [0.717, 1.165) is 29.7 Å². The third-order valence-corrected chi connectivity index (χ3v) is 6.31. The summed E-state index contributed by atoms with van der Waals surface area (Å²) in [6.45, 7) is 7.17. The number of benzene rings is 1. The average Bonchev–Trinajstić information content (AvgIpc) is 3.61. The van der Waals surface area contributed by atoms with Gasteiger partial charge >= 0.3 is 0 Å². The monoisotopic (exact) mass is 460 g/mol. The number of unbranched alkanes of at least 4 members (excludes halogenated alkanes) is 1. The molecule has 0 spiro atoms. The van der Waals surface area contributed by atoms with Crippen molar-refractivity contribution in [2.45, 2.75) is 64.3 Å². The Labute approximate surface area is 201 Å². The predicted octanol–water partition coefficient (Wildman–Crippen LogP) is 4.97. The van der Waals surface area contributed by atoms with Crippen LogP contribution in [0.25, 0.3) is 0 Å². The minimum Gasteiger partial charge on any atom is -0.493 e. The molecule has 7 heteroatoms. The lowest BCUT2D eigenvalue weighted by atomic mass is 9.84. The molecule has 0 amide bonds. The molecule has 1 aliphatic carbocycles. The molecule has 1 aromatic carbocycles. The van der Waals surface area contributed by atoms with Crippen LogP contribution in [-0.2, 0) is 12.0 Å². The number of hydrogen-bond acceptors (Lipinski definition) is 6. The van der Waals surface area contributed by atoms with E-state index in [1.807, 2.05) is 12.1 Å². The van der Waals surface area contributed by atoms with E-state index in [1.54, 1.807) is 18.1 Å². The van der Waals surface area contributed by atoms with Crippen molar-refractivity contribution in [1.29, 1.82) is 10.7 Å². The average molecular weight is 461 g/mol. The standard InChI is InChI=1S/C27H32N4O3/c1-27(2,3)20-13-19(14-23(25(20)33-4)34-12-6-5-11-28)22(32)16-31-15-18-9-10-21(17-7-8-17)30-24(18)26(31)29/h9-10,13-14,17,29H,5-8,12,15-16H2,1-4H3. The lowest BCUT2D eigenvalue weighted by Crippen LogP contribution is -2.30. The van der Waals surface area contributed by atoms with E-state index in [1.165, 1.54) is 0 Å². The first-order valence-electron chi connectivity index (χ1n) is 11.8. The lowest BCUT2D eigenvalue weighted by molar-refractivity contribution is 0.0962. The van der Waals surface area contributed by atoms with E-state index < -0.39 is 0 Å². The Kier molecular flexibility index (Phi) is 6.60. The maximum absolute atomic E-state index is 13.4. The summed E-state index contributed by atoms with van der Waals surface area (Å²) in [5.41, 5.74) is 3.88. The number of nitrogens with one attached hydrogen (secondary N) is 1. The van der Waals surface area contributed by atoms with Crippen molar-refractivity contribution < 1.29 is 14.3 Å². The fraction of sp³-hybridized carbons (Fsp3) is 0.481. The molecule has 2 heterocycles. The number of Topliss-reactive ketones (excluding diaryl/α,β-unsaturated/α-hetero) is 1. The molecule has 4 rings (SSSR count). The summed E-state index contributed by atoms with van der Waals surface area (Å²) in [5.74, 6) is 1.86. The number of methoxy groups -OCH3 is 1. The second-order valence-electron chi connectivity index (χ2n) is 10.1. The van der Waals surface area contributed by atoms with Crippen LogP contribution in [0.15, 0.2) is 24.3 Å². The van der Waals surface area contributed by atoms with Crippen LogP contribution in [0.4, 0.5) is 0 Å². The van der Waals surface area contributed by atoms with E-state index in [2.05, 4.69) is 32.9 Å². The van der Waals surface area contributed by atoms with Crippen molar-refractivity contribution in [3.05, 3.63) is 52.3 Å². The summed E-state index contributed by atoms with van der Waals surface area (Å²) in [6.07, 6.45) is 3.33. The Balaban J connectivity index is 1.57. The first-order valence-corrected chi connectivity index (χ1v) is 11.8. The number of ether oxygens (including phenoxy) is 2. The molecule has 2 aromatic rings. The number of carbonyl (C=O) groups is 1. The Bertz CT molecular complexity index is 1160. The van der Waals surface area contributed by atoms with E-state index in [9.17, 15) is 4.79 Å². The van der Waals surface area contributed by atoms with Gasteiger partial charge in [-0.2, -0.15) is 5.26 Å². The number of ketones is 1. The molecule has 0 atom stereocenters. The molecule has 0 radical (unpaired) electrons. The molecule has 178 valence electrons. The molecule has 0 bridgehead atoms. The number of hydrogen-bond donors (Lipinski definition) is 1. The summed E-state index contributed by atoms with van der Waals surface area (Å²) in [7, 11) is 1.60. The highest BCUT2D eigenvalue weighted by atomic mass is 16.5. The third kappa shape index (κ3) is 4.91. The smallest absolute Gasteiger partial charge is 0.182 e. The van der Waals surface area contributed by atoms with Gasteiger partial charge in [0, 0.05) is 41.3 Å². The number of aromatic nitrogens is 1. The number of carbonyl (C=O) groups excluding carboxylic acids is 1. The van der Waals surface area contributed by atoms with E-state index in [-0.39, 0.29) is 17.7 Å². The van der Waals surface area contributed by atoms with Crippen molar-refractivity contribution in [3.8, 4) is 17.6 Å². The van der Waals surface area contributed by atoms with Gasteiger partial charge in [-0.05, 0) is 42.9 Å². The zero-order chi connectivity index (χ0) is 24.5. The highest BCUT2D eigenvalue weighted by Gasteiger charge is 2.32. The first kappa shape index (κ1) is 23.7. The Morgan fingerprint density at radius 1 is 1.29 bits per heavy atom. The van der Waals surface area contributed by atoms with Crippen LogP contribution in [0, 0.1) is 16.7 Å². The van der Waals surface area contributed by atoms with E-state index in [0.29, 0.717) is 60.5 Å². The van der Waals surface area contributed by atoms with Crippen LogP contribution in [0.1, 0.15) is 85.2 Å². The first-order chi connectivity index (χ1) is 16.2. The van der Waals surface area contributed by atoms with Gasteiger partial charge in [0.05, 0.1) is 26.3 Å². The van der Waals surface area contributed by atoms with E-state index >= 15 is 0 Å². The van der Waals surface area contributed by atoms with Gasteiger partial charge in [0.1, 0.15) is 11.5 Å². The van der Waals surface area contributed by atoms with Gasteiger partial charge in [-0.15, -0.1) is 0 Å². The fourth-order valence-corrected chi connectivity index (χ4v) is 4.25. The van der Waals surface area contributed by atoms with Crippen molar-refractivity contribution in [3.63, 3.8) is 0 Å². The minimum absolute atomic E-state index is 0.0880. The minimum atomic E-state index is -0.272. The highest BCUT2D eigenvalue weighted by molar-refractivity contribution is 6.04. The summed E-state index contributed by atoms with van der Waals surface area (Å²) >= 11 is 0. The molecule has 1 fully saturated rings. The summed E-state index contributed by atoms with van der Waals surface area (Å²) in [4.78, 5) is 19.9. The highest BCUT2D eigenvalue weighted by Crippen LogP contribution is 2.41. The maximum atomic E-state index is 13.4.